The summed E-state index contributed by atoms with van der Waals surface area (Å²) < 4.78 is 81.6. The van der Waals surface area contributed by atoms with Crippen molar-refractivity contribution in [3.63, 3.8) is 0 Å². The lowest BCUT2D eigenvalue weighted by molar-refractivity contribution is -0.135. The molecule has 0 radical (unpaired) electrons. The minimum Gasteiger partial charge on any atom is -0.444 e. The van der Waals surface area contributed by atoms with Crippen molar-refractivity contribution in [2.45, 2.75) is 71.6 Å². The molecule has 34 heavy (non-hydrogen) atoms. The summed E-state index contributed by atoms with van der Waals surface area (Å²) in [6.07, 6.45) is -2.61. The third-order valence-corrected chi connectivity index (χ3v) is 3.69. The first-order valence-corrected chi connectivity index (χ1v) is 10.1. The van der Waals surface area contributed by atoms with E-state index in [-0.39, 0.29) is 13.0 Å². The minimum absolute atomic E-state index is 0.246. The normalized spacial score (nSPS) is 12.6. The van der Waals surface area contributed by atoms with Gasteiger partial charge in [-0.05, 0) is 48.0 Å². The van der Waals surface area contributed by atoms with Gasteiger partial charge in [-0.1, -0.05) is 0 Å². The van der Waals surface area contributed by atoms with Crippen LogP contribution in [0.3, 0.4) is 0 Å². The Bertz CT molecular complexity index is 899. The topological polar surface area (TPSA) is 103 Å². The molecule has 8 nitrogen and oxygen atoms in total. The molecule has 2 N–H and O–H groups in total. The summed E-state index contributed by atoms with van der Waals surface area (Å²) in [5.74, 6) is -14.6. The van der Waals surface area contributed by atoms with Gasteiger partial charge < -0.3 is 24.8 Å². The van der Waals surface area contributed by atoms with E-state index >= 15 is 0 Å². The van der Waals surface area contributed by atoms with Crippen LogP contribution in [0.15, 0.2) is 0 Å². The molecule has 2 amide bonds. The number of carbonyl (C=O) groups excluding carboxylic acids is 3. The average molecular weight is 498 g/mol. The third-order valence-electron chi connectivity index (χ3n) is 3.69. The van der Waals surface area contributed by atoms with Crippen LogP contribution in [0.1, 0.15) is 54.4 Å². The molecule has 1 atom stereocenters. The van der Waals surface area contributed by atoms with E-state index < -0.39 is 76.7 Å². The fraction of sp³-hybridized carbons (Fsp3) is 0.571. The minimum atomic E-state index is -2.40. The lowest BCUT2D eigenvalue weighted by Crippen LogP contribution is -2.46. The van der Waals surface area contributed by atoms with Gasteiger partial charge in [0.1, 0.15) is 11.2 Å². The highest BCUT2D eigenvalue weighted by Gasteiger charge is 2.29. The lowest BCUT2D eigenvalue weighted by atomic mass is 10.1. The van der Waals surface area contributed by atoms with Gasteiger partial charge in [-0.3, -0.25) is 4.79 Å². The molecule has 0 saturated heterocycles. The molecular formula is C21H27F5N2O6. The summed E-state index contributed by atoms with van der Waals surface area (Å²) >= 11 is 0. The van der Waals surface area contributed by atoms with Crippen molar-refractivity contribution < 1.29 is 50.5 Å². The Kier molecular flexibility index (Phi) is 9.64. The molecule has 0 heterocycles. The van der Waals surface area contributed by atoms with E-state index in [1.54, 1.807) is 41.5 Å². The Morgan fingerprint density at radius 2 is 1.21 bits per heavy atom. The van der Waals surface area contributed by atoms with Crippen LogP contribution in [0.4, 0.5) is 31.5 Å². The molecule has 1 rings (SSSR count). The van der Waals surface area contributed by atoms with Gasteiger partial charge in [0, 0.05) is 13.0 Å². The number of carbonyl (C=O) groups is 3. The van der Waals surface area contributed by atoms with Crippen molar-refractivity contribution in [2.24, 2.45) is 0 Å². The van der Waals surface area contributed by atoms with Crippen LogP contribution in [0.2, 0.25) is 0 Å². The van der Waals surface area contributed by atoms with E-state index in [1.165, 1.54) is 0 Å². The average Bonchev–Trinajstić information content (AvgIpc) is 2.67. The van der Waals surface area contributed by atoms with Gasteiger partial charge >= 0.3 is 18.2 Å². The lowest BCUT2D eigenvalue weighted by Gasteiger charge is -2.25. The summed E-state index contributed by atoms with van der Waals surface area (Å²) in [6.45, 7) is 9.42. The van der Waals surface area contributed by atoms with Crippen LogP contribution in [0.25, 0.3) is 0 Å². The van der Waals surface area contributed by atoms with Crippen LogP contribution in [-0.2, 0) is 14.3 Å². The van der Waals surface area contributed by atoms with E-state index in [2.05, 4.69) is 15.4 Å². The van der Waals surface area contributed by atoms with Crippen molar-refractivity contribution in [2.75, 3.05) is 6.54 Å². The first-order valence-electron chi connectivity index (χ1n) is 10.1. The molecule has 0 bridgehead atoms. The zero-order valence-electron chi connectivity index (χ0n) is 19.5. The number of hydrogen-bond acceptors (Lipinski definition) is 6. The number of alkyl carbamates (subject to hydrolysis) is 2. The molecule has 0 unspecified atom stereocenters. The molecule has 0 fully saturated rings. The fourth-order valence-corrected chi connectivity index (χ4v) is 2.35. The smallest absolute Gasteiger partial charge is 0.407 e. The van der Waals surface area contributed by atoms with Crippen molar-refractivity contribution in [1.82, 2.24) is 10.6 Å². The number of nitrogens with one attached hydrogen (secondary N) is 2. The van der Waals surface area contributed by atoms with E-state index in [1.807, 2.05) is 0 Å². The van der Waals surface area contributed by atoms with Crippen LogP contribution in [0.5, 0.6) is 5.75 Å². The predicted molar refractivity (Wildman–Crippen MR) is 108 cm³/mol. The molecule has 13 heteroatoms. The van der Waals surface area contributed by atoms with Crippen molar-refractivity contribution in [1.29, 1.82) is 0 Å². The molecular weight excluding hydrogens is 471 g/mol. The Hall–Kier alpha value is -3.12. The first-order chi connectivity index (χ1) is 15.4. The highest BCUT2D eigenvalue weighted by atomic mass is 19.2. The molecule has 0 spiro atoms. The molecule has 0 aromatic heterocycles. The van der Waals surface area contributed by atoms with E-state index in [0.717, 1.165) is 0 Å². The standard InChI is InChI=1S/C21H27F5N2O6/c1-20(2,3)33-18(30)27-9-10(28-19(31)34-21(4,5)6)7-8-11(29)32-17-15(25)13(23)12(22)14(24)16(17)26/h10H,7-9H2,1-6H3,(H,27,30)(H,28,31)/t10-/m1/s1. The largest absolute Gasteiger partial charge is 0.444 e. The summed E-state index contributed by atoms with van der Waals surface area (Å²) in [7, 11) is 0. The number of rotatable bonds is 7. The predicted octanol–water partition coefficient (Wildman–Crippen LogP) is 4.49. The second-order valence-electron chi connectivity index (χ2n) is 9.14. The number of benzene rings is 1. The zero-order chi connectivity index (χ0) is 26.4. The quantitative estimate of drug-likeness (QED) is 0.189. The highest BCUT2D eigenvalue weighted by Crippen LogP contribution is 2.29. The summed E-state index contributed by atoms with van der Waals surface area (Å²) in [4.78, 5) is 36.0. The fourth-order valence-electron chi connectivity index (χ4n) is 2.35. The van der Waals surface area contributed by atoms with Crippen LogP contribution in [-0.4, -0.2) is 41.9 Å². The van der Waals surface area contributed by atoms with Crippen molar-refractivity contribution >= 4 is 18.2 Å². The molecule has 1 aromatic carbocycles. The van der Waals surface area contributed by atoms with Gasteiger partial charge in [0.15, 0.2) is 0 Å². The molecule has 0 aliphatic carbocycles. The number of amides is 2. The summed E-state index contributed by atoms with van der Waals surface area (Å²) in [6, 6.07) is -0.952. The Morgan fingerprint density at radius 1 is 0.765 bits per heavy atom. The molecule has 192 valence electrons. The van der Waals surface area contributed by atoms with Crippen LogP contribution in [0, 0.1) is 29.1 Å². The Labute approximate surface area is 193 Å². The molecule has 1 aromatic rings. The maximum Gasteiger partial charge on any atom is 0.407 e. The van der Waals surface area contributed by atoms with Gasteiger partial charge in [-0.25, -0.2) is 22.8 Å². The maximum atomic E-state index is 13.7. The molecule has 0 aliphatic rings. The van der Waals surface area contributed by atoms with Crippen molar-refractivity contribution in [3.05, 3.63) is 29.1 Å². The summed E-state index contributed by atoms with van der Waals surface area (Å²) in [5, 5.41) is 4.78. The number of hydrogen-bond donors (Lipinski definition) is 2. The number of ether oxygens (including phenoxy) is 3. The van der Waals surface area contributed by atoms with Gasteiger partial charge in [0.2, 0.25) is 34.8 Å². The van der Waals surface area contributed by atoms with Gasteiger partial charge in [0.25, 0.3) is 0 Å². The third kappa shape index (κ3) is 9.40. The van der Waals surface area contributed by atoms with E-state index in [0.29, 0.717) is 0 Å². The number of halogens is 5. The van der Waals surface area contributed by atoms with Crippen molar-refractivity contribution in [3.8, 4) is 5.75 Å². The number of esters is 1. The van der Waals surface area contributed by atoms with E-state index in [4.69, 9.17) is 9.47 Å². The molecule has 0 saturated carbocycles. The summed E-state index contributed by atoms with van der Waals surface area (Å²) in [5.41, 5.74) is -1.67. The molecule has 0 aliphatic heterocycles. The highest BCUT2D eigenvalue weighted by molar-refractivity contribution is 5.73. The Balaban J connectivity index is 2.87. The van der Waals surface area contributed by atoms with Crippen LogP contribution < -0.4 is 15.4 Å². The van der Waals surface area contributed by atoms with Gasteiger partial charge in [-0.15, -0.1) is 0 Å². The van der Waals surface area contributed by atoms with Crippen LogP contribution >= 0.6 is 0 Å². The monoisotopic (exact) mass is 498 g/mol. The van der Waals surface area contributed by atoms with Gasteiger partial charge in [-0.2, -0.15) is 8.78 Å². The first kappa shape index (κ1) is 28.9. The maximum absolute atomic E-state index is 13.7. The van der Waals surface area contributed by atoms with E-state index in [9.17, 15) is 36.3 Å². The zero-order valence-corrected chi connectivity index (χ0v) is 19.5. The SMILES string of the molecule is CC(C)(C)OC(=O)NC[C@@H](CCC(=O)Oc1c(F)c(F)c(F)c(F)c1F)NC(=O)OC(C)(C)C. The Morgan fingerprint density at radius 3 is 1.68 bits per heavy atom. The second kappa shape index (κ2) is 11.3. The second-order valence-corrected chi connectivity index (χ2v) is 9.14. The van der Waals surface area contributed by atoms with Gasteiger partial charge in [0.05, 0.1) is 6.04 Å².